The van der Waals surface area contributed by atoms with Gasteiger partial charge in [0.1, 0.15) is 0 Å². The molecule has 0 bridgehead atoms. The Bertz CT molecular complexity index is 653. The van der Waals surface area contributed by atoms with Crippen molar-refractivity contribution in [2.75, 3.05) is 51.2 Å². The molecule has 2 heterocycles. The van der Waals surface area contributed by atoms with Gasteiger partial charge in [-0.25, -0.2) is 0 Å². The Balaban J connectivity index is 1.57. The predicted octanol–water partition coefficient (Wildman–Crippen LogP) is 0.772. The van der Waals surface area contributed by atoms with Gasteiger partial charge in [-0.05, 0) is 38.1 Å². The van der Waals surface area contributed by atoms with E-state index in [0.717, 1.165) is 19.6 Å². The summed E-state index contributed by atoms with van der Waals surface area (Å²) in [4.78, 5) is 30.8. The molecule has 1 aromatic carbocycles. The third-order valence-corrected chi connectivity index (χ3v) is 5.30. The van der Waals surface area contributed by atoms with Gasteiger partial charge in [0, 0.05) is 45.0 Å². The van der Waals surface area contributed by atoms with Gasteiger partial charge in [0.2, 0.25) is 11.8 Å². The van der Waals surface area contributed by atoms with Crippen molar-refractivity contribution in [3.63, 3.8) is 0 Å². The second kappa shape index (κ2) is 7.44. The molecule has 2 aliphatic heterocycles. The number of piperazine rings is 2. The van der Waals surface area contributed by atoms with Crippen molar-refractivity contribution in [1.82, 2.24) is 15.1 Å². The molecule has 2 amide bonds. The molecule has 1 N–H and O–H groups in total. The molecule has 6 nitrogen and oxygen atoms in total. The lowest BCUT2D eigenvalue weighted by Gasteiger charge is -2.38. The molecular formula is C19H28N4O2. The van der Waals surface area contributed by atoms with Crippen LogP contribution in [0.2, 0.25) is 0 Å². The number of hydrogen-bond acceptors (Lipinski definition) is 4. The highest BCUT2D eigenvalue weighted by atomic mass is 16.2. The number of likely N-dealkylation sites (N-methyl/N-ethyl adjacent to an activating group) is 1. The van der Waals surface area contributed by atoms with E-state index in [-0.39, 0.29) is 24.3 Å². The fraction of sp³-hybridized carbons (Fsp3) is 0.579. The number of hydrogen-bond donors (Lipinski definition) is 1. The monoisotopic (exact) mass is 344 g/mol. The summed E-state index contributed by atoms with van der Waals surface area (Å²) in [5.74, 6) is 0.0469. The number of amides is 2. The number of aryl methyl sites for hydroxylation is 2. The van der Waals surface area contributed by atoms with E-state index in [1.807, 2.05) is 16.8 Å². The van der Waals surface area contributed by atoms with Gasteiger partial charge >= 0.3 is 0 Å². The molecule has 2 aliphatic rings. The summed E-state index contributed by atoms with van der Waals surface area (Å²) >= 11 is 0. The van der Waals surface area contributed by atoms with E-state index in [2.05, 4.69) is 42.3 Å². The standard InChI is InChI=1S/C19H28N4O2/c1-14-4-5-15(2)16(12-14)22-8-10-23(11-9-22)18(24)13-17-19(25)20-6-7-21(17)3/h4-5,12,17H,6-11,13H2,1-3H3,(H,20,25). The molecular weight excluding hydrogens is 316 g/mol. The second-order valence-electron chi connectivity index (χ2n) is 7.15. The number of carbonyl (C=O) groups is 2. The predicted molar refractivity (Wildman–Crippen MR) is 98.8 cm³/mol. The van der Waals surface area contributed by atoms with Crippen LogP contribution in [-0.4, -0.2) is 74.0 Å². The molecule has 25 heavy (non-hydrogen) atoms. The average molecular weight is 344 g/mol. The zero-order valence-electron chi connectivity index (χ0n) is 15.4. The maximum absolute atomic E-state index is 12.6. The maximum Gasteiger partial charge on any atom is 0.237 e. The van der Waals surface area contributed by atoms with E-state index in [4.69, 9.17) is 0 Å². The highest BCUT2D eigenvalue weighted by molar-refractivity contribution is 5.89. The molecule has 0 saturated carbocycles. The maximum atomic E-state index is 12.6. The number of nitrogens with zero attached hydrogens (tertiary/aromatic N) is 3. The number of rotatable bonds is 3. The Hall–Kier alpha value is -2.08. The van der Waals surface area contributed by atoms with Gasteiger partial charge in [0.15, 0.2) is 0 Å². The smallest absolute Gasteiger partial charge is 0.237 e. The van der Waals surface area contributed by atoms with E-state index in [9.17, 15) is 9.59 Å². The lowest BCUT2D eigenvalue weighted by Crippen LogP contribution is -2.56. The fourth-order valence-corrected chi connectivity index (χ4v) is 3.63. The van der Waals surface area contributed by atoms with Crippen molar-refractivity contribution in [3.8, 4) is 0 Å². The summed E-state index contributed by atoms with van der Waals surface area (Å²) in [6.45, 7) is 8.79. The van der Waals surface area contributed by atoms with Crippen LogP contribution >= 0.6 is 0 Å². The number of carbonyl (C=O) groups excluding carboxylic acids is 2. The SMILES string of the molecule is Cc1ccc(C)c(N2CCN(C(=O)CC3C(=O)NCCN3C)CC2)c1. The van der Waals surface area contributed by atoms with Crippen LogP contribution in [0, 0.1) is 13.8 Å². The highest BCUT2D eigenvalue weighted by Crippen LogP contribution is 2.23. The molecule has 1 aromatic rings. The van der Waals surface area contributed by atoms with Crippen molar-refractivity contribution < 1.29 is 9.59 Å². The Morgan fingerprint density at radius 1 is 1.16 bits per heavy atom. The summed E-state index contributed by atoms with van der Waals surface area (Å²) in [5, 5.41) is 2.85. The average Bonchev–Trinajstić information content (AvgIpc) is 2.60. The van der Waals surface area contributed by atoms with Crippen LogP contribution in [0.5, 0.6) is 0 Å². The summed E-state index contributed by atoms with van der Waals surface area (Å²) in [7, 11) is 1.91. The van der Waals surface area contributed by atoms with Crippen LogP contribution in [-0.2, 0) is 9.59 Å². The topological polar surface area (TPSA) is 55.9 Å². The molecule has 6 heteroatoms. The molecule has 2 saturated heterocycles. The minimum absolute atomic E-state index is 0.0314. The van der Waals surface area contributed by atoms with Gasteiger partial charge in [-0.1, -0.05) is 12.1 Å². The Kier molecular flexibility index (Phi) is 5.27. The Morgan fingerprint density at radius 3 is 2.56 bits per heavy atom. The normalized spacial score (nSPS) is 22.0. The summed E-state index contributed by atoms with van der Waals surface area (Å²) < 4.78 is 0. The summed E-state index contributed by atoms with van der Waals surface area (Å²) in [6.07, 6.45) is 0.270. The lowest BCUT2D eigenvalue weighted by atomic mass is 10.1. The third-order valence-electron chi connectivity index (χ3n) is 5.30. The first kappa shape index (κ1) is 17.7. The van der Waals surface area contributed by atoms with Gasteiger partial charge in [-0.15, -0.1) is 0 Å². The number of nitrogens with one attached hydrogen (secondary N) is 1. The van der Waals surface area contributed by atoms with Gasteiger partial charge in [0.25, 0.3) is 0 Å². The van der Waals surface area contributed by atoms with Crippen molar-refractivity contribution in [2.45, 2.75) is 26.3 Å². The van der Waals surface area contributed by atoms with Gasteiger partial charge in [-0.2, -0.15) is 0 Å². The van der Waals surface area contributed by atoms with Crippen molar-refractivity contribution >= 4 is 17.5 Å². The zero-order chi connectivity index (χ0) is 18.0. The fourth-order valence-electron chi connectivity index (χ4n) is 3.63. The zero-order valence-corrected chi connectivity index (χ0v) is 15.4. The minimum Gasteiger partial charge on any atom is -0.368 e. The van der Waals surface area contributed by atoms with Gasteiger partial charge in [0.05, 0.1) is 12.5 Å². The minimum atomic E-state index is -0.335. The molecule has 2 fully saturated rings. The van der Waals surface area contributed by atoms with Crippen LogP contribution in [0.3, 0.4) is 0 Å². The van der Waals surface area contributed by atoms with Crippen molar-refractivity contribution in [1.29, 1.82) is 0 Å². The molecule has 1 unspecified atom stereocenters. The van der Waals surface area contributed by atoms with E-state index in [1.54, 1.807) is 0 Å². The van der Waals surface area contributed by atoms with Crippen LogP contribution in [0.1, 0.15) is 17.5 Å². The Morgan fingerprint density at radius 2 is 1.88 bits per heavy atom. The molecule has 136 valence electrons. The van der Waals surface area contributed by atoms with Crippen LogP contribution in [0.4, 0.5) is 5.69 Å². The Labute approximate surface area is 149 Å². The van der Waals surface area contributed by atoms with Crippen LogP contribution < -0.4 is 10.2 Å². The van der Waals surface area contributed by atoms with Crippen molar-refractivity contribution in [2.24, 2.45) is 0 Å². The lowest BCUT2D eigenvalue weighted by molar-refractivity contribution is -0.138. The third kappa shape index (κ3) is 3.95. The second-order valence-corrected chi connectivity index (χ2v) is 7.15. The molecule has 1 atom stereocenters. The molecule has 0 aliphatic carbocycles. The highest BCUT2D eigenvalue weighted by Gasteiger charge is 2.31. The van der Waals surface area contributed by atoms with Gasteiger partial charge in [-0.3, -0.25) is 14.5 Å². The molecule has 0 radical (unpaired) electrons. The van der Waals surface area contributed by atoms with Crippen LogP contribution in [0.15, 0.2) is 18.2 Å². The van der Waals surface area contributed by atoms with E-state index >= 15 is 0 Å². The number of benzene rings is 1. The first-order valence-corrected chi connectivity index (χ1v) is 9.03. The number of anilines is 1. The molecule has 0 spiro atoms. The first-order chi connectivity index (χ1) is 12.0. The summed E-state index contributed by atoms with van der Waals surface area (Å²) in [5.41, 5.74) is 3.79. The molecule has 3 rings (SSSR count). The summed E-state index contributed by atoms with van der Waals surface area (Å²) in [6, 6.07) is 6.16. The van der Waals surface area contributed by atoms with E-state index < -0.39 is 0 Å². The molecule has 0 aromatic heterocycles. The van der Waals surface area contributed by atoms with E-state index in [1.165, 1.54) is 16.8 Å². The first-order valence-electron chi connectivity index (χ1n) is 9.03. The largest absolute Gasteiger partial charge is 0.368 e. The van der Waals surface area contributed by atoms with Gasteiger partial charge < -0.3 is 15.1 Å². The quantitative estimate of drug-likeness (QED) is 0.880. The van der Waals surface area contributed by atoms with Crippen LogP contribution in [0.25, 0.3) is 0 Å². The van der Waals surface area contributed by atoms with Crippen molar-refractivity contribution in [3.05, 3.63) is 29.3 Å². The van der Waals surface area contributed by atoms with E-state index in [0.29, 0.717) is 19.6 Å².